The summed E-state index contributed by atoms with van der Waals surface area (Å²) in [5.74, 6) is 1.25. The second kappa shape index (κ2) is 11.3. The Morgan fingerprint density at radius 1 is 0.722 bits per heavy atom. The first kappa shape index (κ1) is 23.9. The van der Waals surface area contributed by atoms with Crippen molar-refractivity contribution in [3.8, 4) is 11.5 Å². The molecule has 180 valence electrons. The molecular formula is C31H27ClN2O2. The lowest BCUT2D eigenvalue weighted by molar-refractivity contribution is 0.290. The summed E-state index contributed by atoms with van der Waals surface area (Å²) in [6.07, 6.45) is 2.13. The molecule has 4 aromatic carbocycles. The number of aliphatic imine (C=N–C) groups is 1. The molecule has 5 heteroatoms. The van der Waals surface area contributed by atoms with E-state index in [1.165, 1.54) is 0 Å². The standard InChI is InChI=1S/C31H27ClN2O2/c32-28-17-27(31-26(15-16-34-31)25-13-11-22(19-33)12-14-25)29(35-20-23-7-3-1-4-8-23)18-30(28)36-21-24-9-5-2-6-10-24/h1-15,17-18H,16,19-21,33H2. The zero-order valence-electron chi connectivity index (χ0n) is 19.9. The summed E-state index contributed by atoms with van der Waals surface area (Å²) >= 11 is 6.73. The van der Waals surface area contributed by atoms with Crippen LogP contribution in [0.5, 0.6) is 11.5 Å². The molecule has 0 unspecified atom stereocenters. The van der Waals surface area contributed by atoms with Crippen molar-refractivity contribution in [2.45, 2.75) is 19.8 Å². The average Bonchev–Trinajstić information content (AvgIpc) is 3.42. The minimum atomic E-state index is 0.414. The Morgan fingerprint density at radius 3 is 1.94 bits per heavy atom. The van der Waals surface area contributed by atoms with Crippen LogP contribution in [0.15, 0.2) is 108 Å². The normalized spacial score (nSPS) is 12.7. The first-order chi connectivity index (χ1) is 17.7. The lowest BCUT2D eigenvalue weighted by Gasteiger charge is -2.17. The minimum Gasteiger partial charge on any atom is -0.488 e. The van der Waals surface area contributed by atoms with Gasteiger partial charge >= 0.3 is 0 Å². The molecule has 4 aromatic rings. The van der Waals surface area contributed by atoms with Crippen molar-refractivity contribution in [2.75, 3.05) is 6.54 Å². The molecule has 5 rings (SSSR count). The number of rotatable bonds is 9. The highest BCUT2D eigenvalue weighted by molar-refractivity contribution is 6.36. The molecule has 2 N–H and O–H groups in total. The maximum Gasteiger partial charge on any atom is 0.142 e. The zero-order chi connectivity index (χ0) is 24.7. The molecule has 0 fully saturated rings. The van der Waals surface area contributed by atoms with Gasteiger partial charge in [0.25, 0.3) is 0 Å². The van der Waals surface area contributed by atoms with Crippen molar-refractivity contribution in [3.63, 3.8) is 0 Å². The molecule has 0 atom stereocenters. The van der Waals surface area contributed by atoms with Crippen LogP contribution in [-0.4, -0.2) is 12.3 Å². The summed E-state index contributed by atoms with van der Waals surface area (Å²) in [4.78, 5) is 4.81. The molecule has 0 spiro atoms. The van der Waals surface area contributed by atoms with Crippen molar-refractivity contribution in [2.24, 2.45) is 10.7 Å². The van der Waals surface area contributed by atoms with Crippen LogP contribution in [0.2, 0.25) is 5.02 Å². The van der Waals surface area contributed by atoms with E-state index in [-0.39, 0.29) is 0 Å². The number of allylic oxidation sites excluding steroid dienone is 1. The second-order valence-corrected chi connectivity index (χ2v) is 8.94. The van der Waals surface area contributed by atoms with Gasteiger partial charge < -0.3 is 15.2 Å². The van der Waals surface area contributed by atoms with E-state index in [9.17, 15) is 0 Å². The first-order valence-electron chi connectivity index (χ1n) is 11.9. The van der Waals surface area contributed by atoms with Gasteiger partial charge in [0.15, 0.2) is 0 Å². The third-order valence-corrected chi connectivity index (χ3v) is 6.36. The molecule has 0 aromatic heterocycles. The quantitative estimate of drug-likeness (QED) is 0.277. The van der Waals surface area contributed by atoms with Gasteiger partial charge in [-0.05, 0) is 28.3 Å². The van der Waals surface area contributed by atoms with Crippen LogP contribution in [0.4, 0.5) is 0 Å². The van der Waals surface area contributed by atoms with Crippen molar-refractivity contribution >= 4 is 22.9 Å². The topological polar surface area (TPSA) is 56.8 Å². The van der Waals surface area contributed by atoms with E-state index < -0.39 is 0 Å². The second-order valence-electron chi connectivity index (χ2n) is 8.54. The summed E-state index contributed by atoms with van der Waals surface area (Å²) in [5.41, 5.74) is 12.8. The van der Waals surface area contributed by atoms with Gasteiger partial charge in [0.2, 0.25) is 0 Å². The van der Waals surface area contributed by atoms with Crippen LogP contribution >= 0.6 is 11.6 Å². The lowest BCUT2D eigenvalue weighted by Crippen LogP contribution is -2.08. The van der Waals surface area contributed by atoms with Gasteiger partial charge in [0.1, 0.15) is 24.7 Å². The van der Waals surface area contributed by atoms with E-state index in [2.05, 4.69) is 18.2 Å². The minimum absolute atomic E-state index is 0.414. The Balaban J connectivity index is 1.47. The summed E-state index contributed by atoms with van der Waals surface area (Å²) in [5, 5.41) is 0.514. The Kier molecular flexibility index (Phi) is 7.46. The summed E-state index contributed by atoms with van der Waals surface area (Å²) < 4.78 is 12.4. The van der Waals surface area contributed by atoms with Crippen LogP contribution in [0, 0.1) is 0 Å². The molecule has 1 aliphatic heterocycles. The number of hydrogen-bond acceptors (Lipinski definition) is 4. The first-order valence-corrected chi connectivity index (χ1v) is 12.3. The summed E-state index contributed by atoms with van der Waals surface area (Å²) in [6.45, 7) is 1.95. The van der Waals surface area contributed by atoms with Crippen molar-refractivity contribution in [1.82, 2.24) is 0 Å². The lowest BCUT2D eigenvalue weighted by atomic mass is 9.95. The number of benzene rings is 4. The largest absolute Gasteiger partial charge is 0.488 e. The maximum absolute atomic E-state index is 6.73. The van der Waals surface area contributed by atoms with E-state index in [1.807, 2.05) is 84.9 Å². The van der Waals surface area contributed by atoms with Crippen LogP contribution in [0.1, 0.15) is 27.8 Å². The van der Waals surface area contributed by atoms with Crippen LogP contribution in [0.3, 0.4) is 0 Å². The summed E-state index contributed by atoms with van der Waals surface area (Å²) in [7, 11) is 0. The van der Waals surface area contributed by atoms with Gasteiger partial charge in [-0.25, -0.2) is 0 Å². The number of nitrogens with two attached hydrogens (primary N) is 1. The van der Waals surface area contributed by atoms with Gasteiger partial charge in [0, 0.05) is 23.7 Å². The SMILES string of the molecule is NCc1ccc(C2=CCN=C2c2cc(Cl)c(OCc3ccccc3)cc2OCc2ccccc2)cc1. The van der Waals surface area contributed by atoms with E-state index in [1.54, 1.807) is 0 Å². The molecule has 4 nitrogen and oxygen atoms in total. The molecule has 0 amide bonds. The molecule has 36 heavy (non-hydrogen) atoms. The molecule has 0 saturated carbocycles. The number of ether oxygens (including phenoxy) is 2. The highest BCUT2D eigenvalue weighted by Gasteiger charge is 2.22. The Labute approximate surface area is 216 Å². The monoisotopic (exact) mass is 494 g/mol. The van der Waals surface area contributed by atoms with Crippen LogP contribution in [-0.2, 0) is 19.8 Å². The molecule has 0 saturated heterocycles. The maximum atomic E-state index is 6.73. The van der Waals surface area contributed by atoms with Crippen molar-refractivity contribution in [3.05, 3.63) is 136 Å². The fourth-order valence-corrected chi connectivity index (χ4v) is 4.35. The van der Waals surface area contributed by atoms with Crippen molar-refractivity contribution in [1.29, 1.82) is 0 Å². The molecular weight excluding hydrogens is 468 g/mol. The number of nitrogens with zero attached hydrogens (tertiary/aromatic N) is 1. The van der Waals surface area contributed by atoms with E-state index >= 15 is 0 Å². The Hall–Kier alpha value is -3.86. The molecule has 1 heterocycles. The zero-order valence-corrected chi connectivity index (χ0v) is 20.6. The number of halogens is 1. The van der Waals surface area contributed by atoms with E-state index in [0.29, 0.717) is 42.8 Å². The van der Waals surface area contributed by atoms with E-state index in [0.717, 1.165) is 39.1 Å². The molecule has 0 bridgehead atoms. The van der Waals surface area contributed by atoms with Gasteiger partial charge in [-0.3, -0.25) is 4.99 Å². The molecule has 0 radical (unpaired) electrons. The average molecular weight is 495 g/mol. The molecule has 1 aliphatic rings. The predicted molar refractivity (Wildman–Crippen MR) is 147 cm³/mol. The molecule has 0 aliphatic carbocycles. The number of hydrogen-bond donors (Lipinski definition) is 1. The van der Waals surface area contributed by atoms with Crippen LogP contribution in [0.25, 0.3) is 5.57 Å². The predicted octanol–water partition coefficient (Wildman–Crippen LogP) is 6.84. The van der Waals surface area contributed by atoms with Crippen LogP contribution < -0.4 is 15.2 Å². The Morgan fingerprint density at radius 2 is 1.33 bits per heavy atom. The van der Waals surface area contributed by atoms with E-state index in [4.69, 9.17) is 31.8 Å². The highest BCUT2D eigenvalue weighted by atomic mass is 35.5. The summed E-state index contributed by atoms with van der Waals surface area (Å²) in [6, 6.07) is 32.1. The fraction of sp³-hybridized carbons (Fsp3) is 0.129. The Bertz CT molecular complexity index is 1380. The van der Waals surface area contributed by atoms with Gasteiger partial charge in [-0.1, -0.05) is 103 Å². The smallest absolute Gasteiger partial charge is 0.142 e. The fourth-order valence-electron chi connectivity index (χ4n) is 4.14. The third kappa shape index (κ3) is 5.51. The van der Waals surface area contributed by atoms with Crippen molar-refractivity contribution < 1.29 is 9.47 Å². The van der Waals surface area contributed by atoms with Gasteiger partial charge in [-0.15, -0.1) is 0 Å². The van der Waals surface area contributed by atoms with Gasteiger partial charge in [-0.2, -0.15) is 0 Å². The van der Waals surface area contributed by atoms with Gasteiger partial charge in [0.05, 0.1) is 17.3 Å². The highest BCUT2D eigenvalue weighted by Crippen LogP contribution is 2.37. The third-order valence-electron chi connectivity index (χ3n) is 6.06.